The Morgan fingerprint density at radius 2 is 1.79 bits per heavy atom. The third kappa shape index (κ3) is 1.72. The maximum Gasteiger partial charge on any atom is 0.183 e. The molecular weight excluding hydrogens is 260 g/mol. The molecule has 0 N–H and O–H groups in total. The summed E-state index contributed by atoms with van der Waals surface area (Å²) in [7, 11) is 0. The second-order valence-electron chi connectivity index (χ2n) is 3.13. The Morgan fingerprint density at radius 1 is 1.14 bits per heavy atom. The molecule has 14 heavy (non-hydrogen) atoms. The Hall–Kier alpha value is -0.740. The average molecular weight is 269 g/mol. The number of rotatable bonds is 1. The summed E-state index contributed by atoms with van der Waals surface area (Å²) in [4.78, 5) is 0. The third-order valence-corrected chi connectivity index (χ3v) is 3.47. The fraction of sp³-hybridized carbons (Fsp3) is 0.200. The Bertz CT molecular complexity index is 445. The molecule has 0 spiro atoms. The number of aryl methyl sites for hydroxylation is 2. The van der Waals surface area contributed by atoms with Crippen LogP contribution in [0.4, 0.5) is 0 Å². The van der Waals surface area contributed by atoms with E-state index < -0.39 is 0 Å². The van der Waals surface area contributed by atoms with Gasteiger partial charge in [0.2, 0.25) is 0 Å². The summed E-state index contributed by atoms with van der Waals surface area (Å²) in [6, 6.07) is 6.25. The molecule has 0 radical (unpaired) electrons. The van der Waals surface area contributed by atoms with Gasteiger partial charge in [-0.3, -0.25) is 0 Å². The normalized spacial score (nSPS) is 10.5. The number of nitrogens with zero attached hydrogens (tertiary/aromatic N) is 2. The van der Waals surface area contributed by atoms with Crippen LogP contribution in [0.25, 0.3) is 10.6 Å². The summed E-state index contributed by atoms with van der Waals surface area (Å²) in [6.45, 7) is 4.19. The van der Waals surface area contributed by atoms with Gasteiger partial charge < -0.3 is 0 Å². The molecule has 0 bridgehead atoms. The lowest BCUT2D eigenvalue weighted by Crippen LogP contribution is -1.86. The summed E-state index contributed by atoms with van der Waals surface area (Å²) >= 11 is 4.89. The lowest BCUT2D eigenvalue weighted by atomic mass is 10.0. The summed E-state index contributed by atoms with van der Waals surface area (Å²) in [5.74, 6) is 0. The highest BCUT2D eigenvalue weighted by molar-refractivity contribution is 9.11. The van der Waals surface area contributed by atoms with Gasteiger partial charge in [-0.25, -0.2) is 0 Å². The molecule has 0 saturated carbocycles. The Kier molecular flexibility index (Phi) is 2.65. The molecule has 2 aromatic rings. The highest BCUT2D eigenvalue weighted by atomic mass is 79.9. The van der Waals surface area contributed by atoms with Gasteiger partial charge in [0.05, 0.1) is 0 Å². The van der Waals surface area contributed by atoms with Crippen LogP contribution in [0.1, 0.15) is 11.1 Å². The highest BCUT2D eigenvalue weighted by Gasteiger charge is 2.09. The Morgan fingerprint density at radius 3 is 2.29 bits per heavy atom. The molecule has 0 fully saturated rings. The van der Waals surface area contributed by atoms with Gasteiger partial charge in [0.25, 0.3) is 0 Å². The monoisotopic (exact) mass is 268 g/mol. The Labute approximate surface area is 95.1 Å². The van der Waals surface area contributed by atoms with E-state index in [2.05, 4.69) is 58.2 Å². The van der Waals surface area contributed by atoms with E-state index in [1.54, 1.807) is 11.3 Å². The van der Waals surface area contributed by atoms with Gasteiger partial charge >= 0.3 is 0 Å². The predicted octanol–water partition coefficient (Wildman–Crippen LogP) is 3.58. The Balaban J connectivity index is 2.61. The van der Waals surface area contributed by atoms with E-state index in [-0.39, 0.29) is 0 Å². The molecule has 1 aromatic heterocycles. The smallest absolute Gasteiger partial charge is 0.137 e. The molecule has 0 aliphatic carbocycles. The van der Waals surface area contributed by atoms with Crippen molar-refractivity contribution >= 4 is 27.3 Å². The van der Waals surface area contributed by atoms with E-state index in [1.807, 2.05) is 0 Å². The first-order valence-electron chi connectivity index (χ1n) is 4.24. The summed E-state index contributed by atoms with van der Waals surface area (Å²) in [5.41, 5.74) is 3.69. The van der Waals surface area contributed by atoms with Crippen LogP contribution < -0.4 is 0 Å². The average Bonchev–Trinajstić information content (AvgIpc) is 2.51. The fourth-order valence-electron chi connectivity index (χ4n) is 1.46. The van der Waals surface area contributed by atoms with Crippen LogP contribution in [-0.4, -0.2) is 10.2 Å². The van der Waals surface area contributed by atoms with E-state index in [0.29, 0.717) is 0 Å². The summed E-state index contributed by atoms with van der Waals surface area (Å²) in [5, 5.41) is 9.07. The van der Waals surface area contributed by atoms with Gasteiger partial charge in [0, 0.05) is 5.56 Å². The first kappa shape index (κ1) is 9.80. The highest BCUT2D eigenvalue weighted by Crippen LogP contribution is 2.31. The van der Waals surface area contributed by atoms with Crippen molar-refractivity contribution in [2.75, 3.05) is 0 Å². The molecule has 1 aromatic carbocycles. The molecule has 2 nitrogen and oxygen atoms in total. The van der Waals surface area contributed by atoms with Crippen LogP contribution in [0.3, 0.4) is 0 Å². The van der Waals surface area contributed by atoms with E-state index in [9.17, 15) is 0 Å². The zero-order chi connectivity index (χ0) is 10.1. The molecule has 1 heterocycles. The van der Waals surface area contributed by atoms with Crippen molar-refractivity contribution in [3.8, 4) is 10.6 Å². The van der Waals surface area contributed by atoms with Crippen molar-refractivity contribution in [3.05, 3.63) is 33.2 Å². The van der Waals surface area contributed by atoms with Crippen LogP contribution in [-0.2, 0) is 0 Å². The maximum absolute atomic E-state index is 4.13. The molecular formula is C10H9BrN2S. The SMILES string of the molecule is Cc1cccc(C)c1-c1nnc(Br)s1. The first-order chi connectivity index (χ1) is 6.68. The number of hydrogen-bond donors (Lipinski definition) is 0. The fourth-order valence-corrected chi connectivity index (χ4v) is 2.74. The minimum Gasteiger partial charge on any atom is -0.137 e. The van der Waals surface area contributed by atoms with Crippen LogP contribution in [0.15, 0.2) is 22.1 Å². The van der Waals surface area contributed by atoms with Crippen molar-refractivity contribution in [1.29, 1.82) is 0 Å². The zero-order valence-electron chi connectivity index (χ0n) is 7.91. The van der Waals surface area contributed by atoms with Crippen LogP contribution in [0.5, 0.6) is 0 Å². The topological polar surface area (TPSA) is 25.8 Å². The number of aromatic nitrogens is 2. The largest absolute Gasteiger partial charge is 0.183 e. The van der Waals surface area contributed by atoms with Crippen molar-refractivity contribution in [3.63, 3.8) is 0 Å². The molecule has 0 aliphatic heterocycles. The molecule has 0 amide bonds. The van der Waals surface area contributed by atoms with Gasteiger partial charge in [-0.15, -0.1) is 10.2 Å². The number of halogens is 1. The minimum atomic E-state index is 0.829. The molecule has 0 aliphatic rings. The molecule has 72 valence electrons. The standard InChI is InChI=1S/C10H9BrN2S/c1-6-4-3-5-7(2)8(6)9-12-13-10(11)14-9/h3-5H,1-2H3. The van der Waals surface area contributed by atoms with E-state index in [0.717, 1.165) is 8.92 Å². The van der Waals surface area contributed by atoms with Crippen molar-refractivity contribution in [1.82, 2.24) is 10.2 Å². The summed E-state index contributed by atoms with van der Waals surface area (Å²) in [6.07, 6.45) is 0. The van der Waals surface area contributed by atoms with Gasteiger partial charge in [-0.2, -0.15) is 0 Å². The molecule has 0 saturated heterocycles. The van der Waals surface area contributed by atoms with Crippen LogP contribution in [0.2, 0.25) is 0 Å². The second-order valence-corrected chi connectivity index (χ2v) is 5.38. The molecule has 0 unspecified atom stereocenters. The first-order valence-corrected chi connectivity index (χ1v) is 5.85. The van der Waals surface area contributed by atoms with Crippen LogP contribution in [0, 0.1) is 13.8 Å². The quantitative estimate of drug-likeness (QED) is 0.790. The van der Waals surface area contributed by atoms with Crippen molar-refractivity contribution in [2.45, 2.75) is 13.8 Å². The number of benzene rings is 1. The lowest BCUT2D eigenvalue weighted by Gasteiger charge is -2.04. The molecule has 0 atom stereocenters. The lowest BCUT2D eigenvalue weighted by molar-refractivity contribution is 1.07. The second kappa shape index (κ2) is 3.79. The van der Waals surface area contributed by atoms with Gasteiger partial charge in [0.15, 0.2) is 3.92 Å². The maximum atomic E-state index is 4.13. The van der Waals surface area contributed by atoms with Gasteiger partial charge in [-0.1, -0.05) is 29.5 Å². The van der Waals surface area contributed by atoms with E-state index in [4.69, 9.17) is 0 Å². The van der Waals surface area contributed by atoms with Gasteiger partial charge in [0.1, 0.15) is 5.01 Å². The summed E-state index contributed by atoms with van der Waals surface area (Å²) < 4.78 is 0.829. The zero-order valence-corrected chi connectivity index (χ0v) is 10.3. The third-order valence-electron chi connectivity index (χ3n) is 2.10. The van der Waals surface area contributed by atoms with Crippen LogP contribution >= 0.6 is 27.3 Å². The van der Waals surface area contributed by atoms with E-state index in [1.165, 1.54) is 16.7 Å². The molecule has 2 rings (SSSR count). The van der Waals surface area contributed by atoms with Crippen molar-refractivity contribution < 1.29 is 0 Å². The number of hydrogen-bond acceptors (Lipinski definition) is 3. The minimum absolute atomic E-state index is 0.829. The molecule has 4 heteroatoms. The predicted molar refractivity (Wildman–Crippen MR) is 62.5 cm³/mol. The van der Waals surface area contributed by atoms with E-state index >= 15 is 0 Å². The van der Waals surface area contributed by atoms with Gasteiger partial charge in [-0.05, 0) is 40.9 Å². The van der Waals surface area contributed by atoms with Crippen molar-refractivity contribution in [2.24, 2.45) is 0 Å².